The van der Waals surface area contributed by atoms with Crippen LogP contribution in [-0.2, 0) is 5.54 Å². The predicted octanol–water partition coefficient (Wildman–Crippen LogP) is 2.75. The van der Waals surface area contributed by atoms with E-state index in [2.05, 4.69) is 25.3 Å². The van der Waals surface area contributed by atoms with Crippen molar-refractivity contribution in [2.45, 2.75) is 40.2 Å². The summed E-state index contributed by atoms with van der Waals surface area (Å²) >= 11 is 0. The topological polar surface area (TPSA) is 22.0 Å². The second kappa shape index (κ2) is 3.02. The van der Waals surface area contributed by atoms with Crippen molar-refractivity contribution in [1.29, 1.82) is 0 Å². The monoisotopic (exact) mass is 179 g/mol. The van der Waals surface area contributed by atoms with Gasteiger partial charge in [-0.05, 0) is 40.7 Å². The van der Waals surface area contributed by atoms with E-state index in [1.165, 1.54) is 0 Å². The third-order valence-electron chi connectivity index (χ3n) is 2.24. The molecule has 0 saturated heterocycles. The van der Waals surface area contributed by atoms with Crippen LogP contribution >= 0.6 is 0 Å². The van der Waals surface area contributed by atoms with Crippen LogP contribution in [0, 0.1) is 6.92 Å². The number of rotatable bonds is 1. The summed E-state index contributed by atoms with van der Waals surface area (Å²) in [6.07, 6.45) is 1.98. The maximum atomic E-state index is 11.2. The second-order valence-electron chi connectivity index (χ2n) is 4.41. The molecule has 2 nitrogen and oxygen atoms in total. The van der Waals surface area contributed by atoms with Gasteiger partial charge in [-0.1, -0.05) is 0 Å². The highest BCUT2D eigenvalue weighted by molar-refractivity contribution is 5.95. The van der Waals surface area contributed by atoms with Gasteiger partial charge in [0.25, 0.3) is 0 Å². The third-order valence-corrected chi connectivity index (χ3v) is 2.24. The summed E-state index contributed by atoms with van der Waals surface area (Å²) in [6, 6.07) is 1.89. The molecule has 0 aliphatic rings. The van der Waals surface area contributed by atoms with E-state index >= 15 is 0 Å². The average Bonchev–Trinajstić information content (AvgIpc) is 2.28. The van der Waals surface area contributed by atoms with E-state index in [9.17, 15) is 4.79 Å². The van der Waals surface area contributed by atoms with E-state index in [1.54, 1.807) is 6.92 Å². The third kappa shape index (κ3) is 1.82. The maximum Gasteiger partial charge on any atom is 0.161 e. The van der Waals surface area contributed by atoms with Crippen LogP contribution in [0.15, 0.2) is 12.3 Å². The lowest BCUT2D eigenvalue weighted by molar-refractivity contribution is 0.101. The minimum absolute atomic E-state index is 0.0534. The molecule has 72 valence electrons. The van der Waals surface area contributed by atoms with Crippen LogP contribution in [0.1, 0.15) is 43.7 Å². The molecule has 1 rings (SSSR count). The normalized spacial score (nSPS) is 11.8. The van der Waals surface area contributed by atoms with Gasteiger partial charge in [0.1, 0.15) is 0 Å². The molecule has 1 aromatic rings. The van der Waals surface area contributed by atoms with Crippen molar-refractivity contribution in [2.75, 3.05) is 0 Å². The molecule has 0 unspecified atom stereocenters. The smallest absolute Gasteiger partial charge is 0.161 e. The van der Waals surface area contributed by atoms with Crippen molar-refractivity contribution < 1.29 is 4.79 Å². The van der Waals surface area contributed by atoms with Crippen LogP contribution in [0.5, 0.6) is 0 Å². The molecule has 0 aliphatic carbocycles. The Balaban J connectivity index is 3.22. The van der Waals surface area contributed by atoms with Gasteiger partial charge in [-0.25, -0.2) is 0 Å². The summed E-state index contributed by atoms with van der Waals surface area (Å²) in [5, 5.41) is 0. The Kier molecular flexibility index (Phi) is 2.33. The molecule has 0 fully saturated rings. The zero-order valence-corrected chi connectivity index (χ0v) is 9.01. The number of carbonyl (C=O) groups excluding carboxylic acids is 1. The molecule has 0 aliphatic heterocycles. The molecule has 0 atom stereocenters. The lowest BCUT2D eigenvalue weighted by Gasteiger charge is -2.23. The fraction of sp³-hybridized carbons (Fsp3) is 0.545. The molecule has 2 heteroatoms. The Labute approximate surface area is 79.6 Å². The molecule has 1 heterocycles. The van der Waals surface area contributed by atoms with E-state index in [4.69, 9.17) is 0 Å². The van der Waals surface area contributed by atoms with Gasteiger partial charge in [-0.3, -0.25) is 4.79 Å². The van der Waals surface area contributed by atoms with Crippen LogP contribution in [0.4, 0.5) is 0 Å². The van der Waals surface area contributed by atoms with Crippen LogP contribution in [0.2, 0.25) is 0 Å². The first-order valence-electron chi connectivity index (χ1n) is 4.53. The van der Waals surface area contributed by atoms with Crippen LogP contribution < -0.4 is 0 Å². The number of ketones is 1. The summed E-state index contributed by atoms with van der Waals surface area (Å²) in [7, 11) is 0. The van der Waals surface area contributed by atoms with E-state index in [1.807, 2.05) is 19.2 Å². The first-order valence-corrected chi connectivity index (χ1v) is 4.53. The van der Waals surface area contributed by atoms with Crippen molar-refractivity contribution >= 4 is 5.78 Å². The van der Waals surface area contributed by atoms with Gasteiger partial charge in [0.2, 0.25) is 0 Å². The van der Waals surface area contributed by atoms with Gasteiger partial charge in [0, 0.05) is 23.0 Å². The number of carbonyl (C=O) groups is 1. The molecular formula is C11H17NO. The summed E-state index contributed by atoms with van der Waals surface area (Å²) in [5.41, 5.74) is 1.94. The summed E-state index contributed by atoms with van der Waals surface area (Å²) in [6.45, 7) is 9.98. The fourth-order valence-corrected chi connectivity index (χ4v) is 1.61. The lowest BCUT2D eigenvalue weighted by Crippen LogP contribution is -2.22. The zero-order valence-electron chi connectivity index (χ0n) is 9.01. The van der Waals surface area contributed by atoms with E-state index in [0.29, 0.717) is 0 Å². The Morgan fingerprint density at radius 3 is 2.15 bits per heavy atom. The largest absolute Gasteiger partial charge is 0.346 e. The van der Waals surface area contributed by atoms with Crippen molar-refractivity contribution in [3.8, 4) is 0 Å². The van der Waals surface area contributed by atoms with Gasteiger partial charge < -0.3 is 4.57 Å². The molecule has 0 bridgehead atoms. The van der Waals surface area contributed by atoms with Crippen molar-refractivity contribution in [3.05, 3.63) is 23.5 Å². The van der Waals surface area contributed by atoms with Gasteiger partial charge in [-0.2, -0.15) is 0 Å². The van der Waals surface area contributed by atoms with E-state index in [0.717, 1.165) is 11.3 Å². The standard InChI is InChI=1S/C11H17NO/c1-8-10(9(2)13)6-7-12(8)11(3,4)5/h6-7H,1-5H3. The van der Waals surface area contributed by atoms with E-state index < -0.39 is 0 Å². The van der Waals surface area contributed by atoms with Gasteiger partial charge in [0.15, 0.2) is 5.78 Å². The number of hydrogen-bond donors (Lipinski definition) is 0. The van der Waals surface area contributed by atoms with Crippen LogP contribution in [-0.4, -0.2) is 10.4 Å². The SMILES string of the molecule is CC(=O)c1ccn(C(C)(C)C)c1C. The maximum absolute atomic E-state index is 11.2. The van der Waals surface area contributed by atoms with Gasteiger partial charge in [-0.15, -0.1) is 0 Å². The quantitative estimate of drug-likeness (QED) is 0.607. The lowest BCUT2D eigenvalue weighted by atomic mass is 10.1. The van der Waals surface area contributed by atoms with Crippen LogP contribution in [0.25, 0.3) is 0 Å². The Morgan fingerprint density at radius 1 is 1.38 bits per heavy atom. The molecule has 0 N–H and O–H groups in total. The zero-order chi connectivity index (χ0) is 10.2. The molecule has 0 saturated carbocycles. The molecule has 0 aromatic carbocycles. The number of Topliss-reactive ketones (excluding diaryl/α,β-unsaturated/α-hetero) is 1. The Morgan fingerprint density at radius 2 is 1.92 bits per heavy atom. The number of aromatic nitrogens is 1. The first-order chi connectivity index (χ1) is 5.84. The predicted molar refractivity (Wildman–Crippen MR) is 54.2 cm³/mol. The minimum Gasteiger partial charge on any atom is -0.346 e. The van der Waals surface area contributed by atoms with Gasteiger partial charge >= 0.3 is 0 Å². The highest BCUT2D eigenvalue weighted by Gasteiger charge is 2.17. The number of nitrogens with zero attached hydrogens (tertiary/aromatic N) is 1. The summed E-state index contributed by atoms with van der Waals surface area (Å²) in [5.74, 6) is 0.139. The van der Waals surface area contributed by atoms with Crippen molar-refractivity contribution in [2.24, 2.45) is 0 Å². The fourth-order valence-electron chi connectivity index (χ4n) is 1.61. The average molecular weight is 179 g/mol. The number of hydrogen-bond acceptors (Lipinski definition) is 1. The molecule has 0 amide bonds. The molecule has 1 aromatic heterocycles. The molecule has 13 heavy (non-hydrogen) atoms. The minimum atomic E-state index is 0.0534. The van der Waals surface area contributed by atoms with E-state index in [-0.39, 0.29) is 11.3 Å². The second-order valence-corrected chi connectivity index (χ2v) is 4.41. The Hall–Kier alpha value is -1.05. The molecular weight excluding hydrogens is 162 g/mol. The molecule has 0 radical (unpaired) electrons. The highest BCUT2D eigenvalue weighted by atomic mass is 16.1. The summed E-state index contributed by atoms with van der Waals surface area (Å²) < 4.78 is 2.13. The van der Waals surface area contributed by atoms with Crippen LogP contribution in [0.3, 0.4) is 0 Å². The van der Waals surface area contributed by atoms with Gasteiger partial charge in [0.05, 0.1) is 0 Å². The Bertz CT molecular complexity index is 328. The molecule has 0 spiro atoms. The summed E-state index contributed by atoms with van der Waals surface area (Å²) in [4.78, 5) is 11.2. The van der Waals surface area contributed by atoms with Crippen molar-refractivity contribution in [3.63, 3.8) is 0 Å². The van der Waals surface area contributed by atoms with Crippen molar-refractivity contribution in [1.82, 2.24) is 4.57 Å². The highest BCUT2D eigenvalue weighted by Crippen LogP contribution is 2.20. The first kappa shape index (κ1) is 10.0.